The van der Waals surface area contributed by atoms with E-state index in [0.29, 0.717) is 12.0 Å². The zero-order chi connectivity index (χ0) is 10.9. The van der Waals surface area contributed by atoms with Crippen LogP contribution in [0.5, 0.6) is 0 Å². The Morgan fingerprint density at radius 1 is 1.33 bits per heavy atom. The highest BCUT2D eigenvalue weighted by molar-refractivity contribution is 5.05. The lowest BCUT2D eigenvalue weighted by Crippen LogP contribution is -2.34. The van der Waals surface area contributed by atoms with E-state index in [1.807, 2.05) is 0 Å². The summed E-state index contributed by atoms with van der Waals surface area (Å²) in [5.74, 6) is 1.34. The molecule has 0 bridgehead atoms. The van der Waals surface area contributed by atoms with Crippen LogP contribution in [-0.4, -0.2) is 23.4 Å². The van der Waals surface area contributed by atoms with E-state index in [2.05, 4.69) is 13.8 Å². The third-order valence-corrected chi connectivity index (χ3v) is 4.07. The molecule has 2 unspecified atom stereocenters. The minimum absolute atomic E-state index is 0.280. The van der Waals surface area contributed by atoms with Gasteiger partial charge < -0.3 is 9.84 Å². The van der Waals surface area contributed by atoms with Gasteiger partial charge in [-0.05, 0) is 50.9 Å². The molecule has 2 atom stereocenters. The predicted octanol–water partition coefficient (Wildman–Crippen LogP) is 2.74. The zero-order valence-corrected chi connectivity index (χ0v) is 10.0. The fourth-order valence-electron chi connectivity index (χ4n) is 3.05. The molecule has 0 aliphatic heterocycles. The van der Waals surface area contributed by atoms with Gasteiger partial charge in [0.15, 0.2) is 0 Å². The number of rotatable bonds is 6. The van der Waals surface area contributed by atoms with Crippen LogP contribution in [0.1, 0.15) is 52.4 Å². The molecule has 0 saturated heterocycles. The molecule has 2 heteroatoms. The van der Waals surface area contributed by atoms with Gasteiger partial charge in [0.25, 0.3) is 0 Å². The van der Waals surface area contributed by atoms with Crippen LogP contribution in [0.2, 0.25) is 0 Å². The molecule has 2 fully saturated rings. The van der Waals surface area contributed by atoms with Crippen molar-refractivity contribution in [3.63, 3.8) is 0 Å². The van der Waals surface area contributed by atoms with Crippen LogP contribution in [0.25, 0.3) is 0 Å². The van der Waals surface area contributed by atoms with Gasteiger partial charge in [0.1, 0.15) is 0 Å². The standard InChI is InChI=1S/C13H24O2/c1-3-5-11-9-13(11,14)8-10-6-12(7-10)15-4-2/h10-12,14H,3-9H2,1-2H3. The average molecular weight is 212 g/mol. The van der Waals surface area contributed by atoms with Crippen molar-refractivity contribution in [3.8, 4) is 0 Å². The molecule has 0 aromatic heterocycles. The normalized spacial score (nSPS) is 43.8. The second kappa shape index (κ2) is 4.42. The maximum Gasteiger partial charge on any atom is 0.0683 e. The summed E-state index contributed by atoms with van der Waals surface area (Å²) in [6, 6.07) is 0. The Kier molecular flexibility index (Phi) is 3.36. The second-order valence-electron chi connectivity index (χ2n) is 5.41. The zero-order valence-electron chi connectivity index (χ0n) is 10.0. The van der Waals surface area contributed by atoms with Crippen molar-refractivity contribution >= 4 is 0 Å². The van der Waals surface area contributed by atoms with E-state index in [1.165, 1.54) is 25.7 Å². The highest BCUT2D eigenvalue weighted by atomic mass is 16.5. The lowest BCUT2D eigenvalue weighted by molar-refractivity contribution is -0.0430. The number of aliphatic hydroxyl groups is 1. The first-order valence-electron chi connectivity index (χ1n) is 6.52. The van der Waals surface area contributed by atoms with Crippen LogP contribution in [0.4, 0.5) is 0 Å². The molecule has 88 valence electrons. The summed E-state index contributed by atoms with van der Waals surface area (Å²) in [6.45, 7) is 5.09. The van der Waals surface area contributed by atoms with Gasteiger partial charge >= 0.3 is 0 Å². The molecule has 0 radical (unpaired) electrons. The Hall–Kier alpha value is -0.0800. The van der Waals surface area contributed by atoms with E-state index in [4.69, 9.17) is 4.74 Å². The molecule has 2 aliphatic carbocycles. The highest BCUT2D eigenvalue weighted by Crippen LogP contribution is 2.53. The van der Waals surface area contributed by atoms with Gasteiger partial charge in [-0.25, -0.2) is 0 Å². The summed E-state index contributed by atoms with van der Waals surface area (Å²) in [5.41, 5.74) is -0.280. The number of hydrogen-bond donors (Lipinski definition) is 1. The summed E-state index contributed by atoms with van der Waals surface area (Å²) < 4.78 is 5.54. The summed E-state index contributed by atoms with van der Waals surface area (Å²) >= 11 is 0. The fourth-order valence-corrected chi connectivity index (χ4v) is 3.05. The topological polar surface area (TPSA) is 29.5 Å². The third kappa shape index (κ3) is 2.54. The molecule has 2 saturated carbocycles. The number of ether oxygens (including phenoxy) is 1. The van der Waals surface area contributed by atoms with Crippen molar-refractivity contribution < 1.29 is 9.84 Å². The predicted molar refractivity (Wildman–Crippen MR) is 60.7 cm³/mol. The van der Waals surface area contributed by atoms with Gasteiger partial charge in [-0.1, -0.05) is 13.3 Å². The van der Waals surface area contributed by atoms with Crippen molar-refractivity contribution in [2.24, 2.45) is 11.8 Å². The monoisotopic (exact) mass is 212 g/mol. The molecule has 2 nitrogen and oxygen atoms in total. The maximum absolute atomic E-state index is 10.2. The molecule has 15 heavy (non-hydrogen) atoms. The molecule has 2 rings (SSSR count). The van der Waals surface area contributed by atoms with Crippen molar-refractivity contribution in [3.05, 3.63) is 0 Å². The second-order valence-corrected chi connectivity index (χ2v) is 5.41. The average Bonchev–Trinajstić information content (AvgIpc) is 2.74. The van der Waals surface area contributed by atoms with Crippen LogP contribution in [0.15, 0.2) is 0 Å². The third-order valence-electron chi connectivity index (χ3n) is 4.07. The van der Waals surface area contributed by atoms with Gasteiger partial charge in [-0.3, -0.25) is 0 Å². The molecule has 0 amide bonds. The molecule has 1 N–H and O–H groups in total. The van der Waals surface area contributed by atoms with E-state index >= 15 is 0 Å². The van der Waals surface area contributed by atoms with Gasteiger partial charge in [0, 0.05) is 6.61 Å². The Morgan fingerprint density at radius 2 is 2.07 bits per heavy atom. The van der Waals surface area contributed by atoms with E-state index in [0.717, 1.165) is 25.4 Å². The van der Waals surface area contributed by atoms with Gasteiger partial charge in [0.05, 0.1) is 11.7 Å². The quantitative estimate of drug-likeness (QED) is 0.733. The molecule has 0 aromatic rings. The summed E-state index contributed by atoms with van der Waals surface area (Å²) in [5, 5.41) is 10.2. The SMILES string of the molecule is CCCC1CC1(O)CC1CC(OCC)C1. The first-order chi connectivity index (χ1) is 7.18. The largest absolute Gasteiger partial charge is 0.390 e. The van der Waals surface area contributed by atoms with E-state index in [1.54, 1.807) is 0 Å². The van der Waals surface area contributed by atoms with Crippen LogP contribution in [0.3, 0.4) is 0 Å². The lowest BCUT2D eigenvalue weighted by Gasteiger charge is -2.36. The molecular weight excluding hydrogens is 188 g/mol. The fraction of sp³-hybridized carbons (Fsp3) is 1.00. The van der Waals surface area contributed by atoms with Crippen LogP contribution in [-0.2, 0) is 4.74 Å². The first kappa shape index (κ1) is 11.4. The summed E-state index contributed by atoms with van der Waals surface area (Å²) in [7, 11) is 0. The Morgan fingerprint density at radius 3 is 2.67 bits per heavy atom. The van der Waals surface area contributed by atoms with Crippen molar-refractivity contribution in [1.82, 2.24) is 0 Å². The Bertz CT molecular complexity index is 211. The van der Waals surface area contributed by atoms with Gasteiger partial charge in [-0.2, -0.15) is 0 Å². The highest BCUT2D eigenvalue weighted by Gasteiger charge is 2.53. The smallest absolute Gasteiger partial charge is 0.0683 e. The van der Waals surface area contributed by atoms with Crippen LogP contribution in [0, 0.1) is 11.8 Å². The molecule has 0 aromatic carbocycles. The molecular formula is C13H24O2. The van der Waals surface area contributed by atoms with E-state index in [-0.39, 0.29) is 5.60 Å². The first-order valence-corrected chi connectivity index (χ1v) is 6.52. The van der Waals surface area contributed by atoms with Crippen molar-refractivity contribution in [2.45, 2.75) is 64.1 Å². The summed E-state index contributed by atoms with van der Waals surface area (Å²) in [4.78, 5) is 0. The van der Waals surface area contributed by atoms with Crippen molar-refractivity contribution in [2.75, 3.05) is 6.61 Å². The Balaban J connectivity index is 1.64. The maximum atomic E-state index is 10.2. The van der Waals surface area contributed by atoms with Crippen LogP contribution >= 0.6 is 0 Å². The lowest BCUT2D eigenvalue weighted by atomic mass is 9.77. The Labute approximate surface area is 93.0 Å². The van der Waals surface area contributed by atoms with Crippen LogP contribution < -0.4 is 0 Å². The van der Waals surface area contributed by atoms with Gasteiger partial charge in [-0.15, -0.1) is 0 Å². The molecule has 0 spiro atoms. The van der Waals surface area contributed by atoms with E-state index < -0.39 is 0 Å². The minimum atomic E-state index is -0.280. The van der Waals surface area contributed by atoms with Gasteiger partial charge in [0.2, 0.25) is 0 Å². The van der Waals surface area contributed by atoms with Crippen molar-refractivity contribution in [1.29, 1.82) is 0 Å². The molecule has 2 aliphatic rings. The minimum Gasteiger partial charge on any atom is -0.390 e. The molecule has 0 heterocycles. The number of hydrogen-bond acceptors (Lipinski definition) is 2. The summed E-state index contributed by atoms with van der Waals surface area (Å²) in [6.07, 6.45) is 7.34. The van der Waals surface area contributed by atoms with E-state index in [9.17, 15) is 5.11 Å².